The number of ketones is 1. The van der Waals surface area contributed by atoms with Crippen LogP contribution >= 0.6 is 0 Å². The second-order valence-corrected chi connectivity index (χ2v) is 9.88. The summed E-state index contributed by atoms with van der Waals surface area (Å²) in [4.78, 5) is 34.1. The summed E-state index contributed by atoms with van der Waals surface area (Å²) in [6.07, 6.45) is 4.05. The summed E-state index contributed by atoms with van der Waals surface area (Å²) in [5.74, 6) is -0.351. The number of nitrogens with one attached hydrogen (secondary N) is 1. The van der Waals surface area contributed by atoms with Crippen molar-refractivity contribution < 1.29 is 14.3 Å². The van der Waals surface area contributed by atoms with Gasteiger partial charge in [0.15, 0.2) is 0 Å². The van der Waals surface area contributed by atoms with Gasteiger partial charge in [-0.05, 0) is 54.8 Å². The van der Waals surface area contributed by atoms with E-state index in [0.717, 1.165) is 43.8 Å². The lowest BCUT2D eigenvalue weighted by molar-refractivity contribution is -0.116. The van der Waals surface area contributed by atoms with Crippen molar-refractivity contribution in [2.75, 3.05) is 31.2 Å². The van der Waals surface area contributed by atoms with Crippen molar-refractivity contribution in [3.8, 4) is 0 Å². The average molecular weight is 483 g/mol. The molecule has 0 radical (unpaired) electrons. The van der Waals surface area contributed by atoms with Crippen molar-refractivity contribution in [3.63, 3.8) is 0 Å². The number of pyridine rings is 1. The molecule has 1 aromatic heterocycles. The Kier molecular flexibility index (Phi) is 6.13. The number of carbonyl (C=O) groups excluding carboxylic acids is 2. The zero-order chi connectivity index (χ0) is 24.6. The predicted molar refractivity (Wildman–Crippen MR) is 140 cm³/mol. The monoisotopic (exact) mass is 482 g/mol. The molecule has 36 heavy (non-hydrogen) atoms. The number of hydrogen-bond donors (Lipinski definition) is 1. The van der Waals surface area contributed by atoms with Crippen LogP contribution in [0.15, 0.2) is 60.3 Å². The van der Waals surface area contributed by atoms with Crippen LogP contribution in [-0.4, -0.2) is 60.0 Å². The quantitative estimate of drug-likeness (QED) is 0.558. The number of anilines is 1. The van der Waals surface area contributed by atoms with Crippen molar-refractivity contribution >= 4 is 34.4 Å². The van der Waals surface area contributed by atoms with Crippen molar-refractivity contribution in [2.24, 2.45) is 0 Å². The normalized spacial score (nSPS) is 20.2. The van der Waals surface area contributed by atoms with Gasteiger partial charge in [-0.3, -0.25) is 19.4 Å². The van der Waals surface area contributed by atoms with Crippen molar-refractivity contribution in [3.05, 3.63) is 77.1 Å². The third kappa shape index (κ3) is 4.34. The SMILES string of the molecule is CC(=O)N1/C(=C/c2ccc3cc(CNC4CCN(C5COC5)CC4)ccc3n2)C(=O)c2ccccc21. The summed E-state index contributed by atoms with van der Waals surface area (Å²) in [6, 6.07) is 18.6. The van der Waals surface area contributed by atoms with Gasteiger partial charge in [-0.15, -0.1) is 0 Å². The number of piperidine rings is 1. The fourth-order valence-electron chi connectivity index (χ4n) is 5.39. The lowest BCUT2D eigenvalue weighted by Gasteiger charge is -2.41. The Bertz CT molecular complexity index is 1360. The van der Waals surface area contributed by atoms with Gasteiger partial charge in [0.1, 0.15) is 0 Å². The molecule has 184 valence electrons. The smallest absolute Gasteiger partial charge is 0.228 e. The molecule has 2 saturated heterocycles. The van der Waals surface area contributed by atoms with Crippen LogP contribution in [-0.2, 0) is 16.1 Å². The number of fused-ring (bicyclic) bond motifs is 2. The number of para-hydroxylation sites is 1. The fraction of sp³-hybridized carbons (Fsp3) is 0.345. The zero-order valence-corrected chi connectivity index (χ0v) is 20.4. The maximum atomic E-state index is 13.0. The Morgan fingerprint density at radius 1 is 1.11 bits per heavy atom. The molecule has 1 amide bonds. The third-order valence-electron chi connectivity index (χ3n) is 7.50. The lowest BCUT2D eigenvalue weighted by atomic mass is 10.0. The van der Waals surface area contributed by atoms with Crippen LogP contribution in [0.2, 0.25) is 0 Å². The molecule has 3 aliphatic heterocycles. The van der Waals surface area contributed by atoms with Crippen LogP contribution in [0.1, 0.15) is 41.4 Å². The summed E-state index contributed by atoms with van der Waals surface area (Å²) < 4.78 is 5.33. The van der Waals surface area contributed by atoms with E-state index in [1.54, 1.807) is 18.2 Å². The molecule has 6 rings (SSSR count). The molecule has 7 heteroatoms. The van der Waals surface area contributed by atoms with Crippen LogP contribution in [0.5, 0.6) is 0 Å². The van der Waals surface area contributed by atoms with E-state index in [0.29, 0.717) is 34.7 Å². The molecule has 7 nitrogen and oxygen atoms in total. The Morgan fingerprint density at radius 2 is 1.92 bits per heavy atom. The molecule has 2 aromatic carbocycles. The number of carbonyl (C=O) groups is 2. The number of likely N-dealkylation sites (tertiary alicyclic amines) is 1. The van der Waals surface area contributed by atoms with Crippen LogP contribution < -0.4 is 10.2 Å². The molecule has 3 aromatic rings. The van der Waals surface area contributed by atoms with Gasteiger partial charge in [0.25, 0.3) is 0 Å². The van der Waals surface area contributed by atoms with E-state index in [1.807, 2.05) is 30.3 Å². The van der Waals surface area contributed by atoms with E-state index in [-0.39, 0.29) is 11.7 Å². The molecule has 1 N–H and O–H groups in total. The topological polar surface area (TPSA) is 74.8 Å². The first-order valence-electron chi connectivity index (χ1n) is 12.7. The van der Waals surface area contributed by atoms with Gasteiger partial charge < -0.3 is 10.1 Å². The third-order valence-corrected chi connectivity index (χ3v) is 7.50. The van der Waals surface area contributed by atoms with E-state index < -0.39 is 0 Å². The largest absolute Gasteiger partial charge is 0.378 e. The molecular formula is C29H30N4O3. The van der Waals surface area contributed by atoms with E-state index in [4.69, 9.17) is 9.72 Å². The van der Waals surface area contributed by atoms with E-state index in [2.05, 4.69) is 22.3 Å². The van der Waals surface area contributed by atoms with Crippen LogP contribution in [0.25, 0.3) is 17.0 Å². The van der Waals surface area contributed by atoms with E-state index in [9.17, 15) is 9.59 Å². The van der Waals surface area contributed by atoms with Crippen molar-refractivity contribution in [2.45, 2.75) is 38.4 Å². The van der Waals surface area contributed by atoms with Crippen LogP contribution in [0.3, 0.4) is 0 Å². The second kappa shape index (κ2) is 9.58. The number of aromatic nitrogens is 1. The number of Topliss-reactive ketones (excluding diaryl/α,β-unsaturated/α-hetero) is 1. The van der Waals surface area contributed by atoms with Crippen LogP contribution in [0, 0.1) is 0 Å². The number of hydrogen-bond acceptors (Lipinski definition) is 6. The van der Waals surface area contributed by atoms with Crippen molar-refractivity contribution in [1.82, 2.24) is 15.2 Å². The zero-order valence-electron chi connectivity index (χ0n) is 20.4. The summed E-state index contributed by atoms with van der Waals surface area (Å²) in [5, 5.41) is 4.78. The Morgan fingerprint density at radius 3 is 2.67 bits per heavy atom. The minimum Gasteiger partial charge on any atom is -0.378 e. The maximum Gasteiger partial charge on any atom is 0.228 e. The Labute approximate surface area is 210 Å². The fourth-order valence-corrected chi connectivity index (χ4v) is 5.39. The molecule has 4 heterocycles. The summed E-state index contributed by atoms with van der Waals surface area (Å²) >= 11 is 0. The highest BCUT2D eigenvalue weighted by Crippen LogP contribution is 2.35. The predicted octanol–water partition coefficient (Wildman–Crippen LogP) is 3.78. The minimum atomic E-state index is -0.194. The molecular weight excluding hydrogens is 452 g/mol. The minimum absolute atomic E-state index is 0.157. The Balaban J connectivity index is 1.15. The maximum absolute atomic E-state index is 13.0. The number of nitrogens with zero attached hydrogens (tertiary/aromatic N) is 3. The molecule has 0 aliphatic carbocycles. The molecule has 2 fully saturated rings. The number of amides is 1. The number of rotatable bonds is 5. The lowest BCUT2D eigenvalue weighted by Crippen LogP contribution is -2.53. The molecule has 0 saturated carbocycles. The summed E-state index contributed by atoms with van der Waals surface area (Å²) in [5.41, 5.74) is 4.25. The van der Waals surface area contributed by atoms with Gasteiger partial charge in [-0.25, -0.2) is 4.98 Å². The highest BCUT2D eigenvalue weighted by atomic mass is 16.5. The van der Waals surface area contributed by atoms with Gasteiger partial charge in [0.2, 0.25) is 11.7 Å². The highest BCUT2D eigenvalue weighted by Gasteiger charge is 2.34. The van der Waals surface area contributed by atoms with E-state index in [1.165, 1.54) is 30.2 Å². The van der Waals surface area contributed by atoms with Gasteiger partial charge >= 0.3 is 0 Å². The molecule has 3 aliphatic rings. The van der Waals surface area contributed by atoms with E-state index >= 15 is 0 Å². The molecule has 0 bridgehead atoms. The highest BCUT2D eigenvalue weighted by molar-refractivity contribution is 6.26. The summed E-state index contributed by atoms with van der Waals surface area (Å²) in [7, 11) is 0. The van der Waals surface area contributed by atoms with Gasteiger partial charge in [-0.1, -0.05) is 24.3 Å². The first kappa shape index (κ1) is 23.0. The second-order valence-electron chi connectivity index (χ2n) is 9.88. The Hall–Kier alpha value is -3.39. The number of ether oxygens (including phenoxy) is 1. The van der Waals surface area contributed by atoms with Gasteiger partial charge in [0, 0.05) is 43.5 Å². The van der Waals surface area contributed by atoms with Crippen molar-refractivity contribution in [1.29, 1.82) is 0 Å². The molecule has 0 atom stereocenters. The first-order valence-corrected chi connectivity index (χ1v) is 12.7. The number of benzene rings is 2. The average Bonchev–Trinajstić information content (AvgIpc) is 3.14. The first-order chi connectivity index (χ1) is 17.6. The van der Waals surface area contributed by atoms with Crippen LogP contribution in [0.4, 0.5) is 5.69 Å². The summed E-state index contributed by atoms with van der Waals surface area (Å²) in [6.45, 7) is 6.36. The standard InChI is InChI=1S/C29H30N4O3/c1-19(34)33-27-5-3-2-4-25(27)29(35)28(33)15-23-8-7-21-14-20(6-9-26(21)31-23)16-30-22-10-12-32(13-11-22)24-17-36-18-24/h2-9,14-15,22,24,30H,10-13,16-18H2,1H3/b28-15+. The van der Waals surface area contributed by atoms with Gasteiger partial charge in [-0.2, -0.15) is 0 Å². The molecule has 0 spiro atoms. The molecule has 0 unspecified atom stereocenters. The number of allylic oxidation sites excluding steroid dienone is 1. The van der Waals surface area contributed by atoms with Gasteiger partial charge in [0.05, 0.1) is 41.9 Å².